The van der Waals surface area contributed by atoms with Crippen LogP contribution in [0.25, 0.3) is 11.3 Å². The maximum atomic E-state index is 12.1. The van der Waals surface area contributed by atoms with Gasteiger partial charge >= 0.3 is 0 Å². The van der Waals surface area contributed by atoms with Crippen molar-refractivity contribution in [3.8, 4) is 11.3 Å². The molecule has 0 N–H and O–H groups in total. The van der Waals surface area contributed by atoms with Crippen LogP contribution in [0.1, 0.15) is 5.69 Å². The van der Waals surface area contributed by atoms with Crippen LogP contribution in [-0.2, 0) is 6.54 Å². The Morgan fingerprint density at radius 3 is 2.76 bits per heavy atom. The lowest BCUT2D eigenvalue weighted by Gasteiger charge is -2.40. The number of nitrogens with zero attached hydrogens (tertiary/aromatic N) is 6. The van der Waals surface area contributed by atoms with Gasteiger partial charge < -0.3 is 4.90 Å². The molecular weight excluding hydrogens is 316 g/mol. The monoisotopic (exact) mass is 334 g/mol. The van der Waals surface area contributed by atoms with Crippen molar-refractivity contribution in [2.24, 2.45) is 5.92 Å². The Bertz CT molecular complexity index is 934. The largest absolute Gasteiger partial charge is 0.355 e. The summed E-state index contributed by atoms with van der Waals surface area (Å²) in [7, 11) is 0. The Balaban J connectivity index is 1.46. The molecule has 0 bridgehead atoms. The first kappa shape index (κ1) is 15.4. The van der Waals surface area contributed by atoms with Gasteiger partial charge in [0, 0.05) is 49.2 Å². The molecule has 126 valence electrons. The normalized spacial score (nSPS) is 14.4. The van der Waals surface area contributed by atoms with E-state index in [2.05, 4.69) is 25.0 Å². The molecule has 1 aliphatic rings. The Labute approximate surface area is 145 Å². The molecule has 0 radical (unpaired) electrons. The van der Waals surface area contributed by atoms with Crippen LogP contribution in [-0.4, -0.2) is 37.8 Å². The van der Waals surface area contributed by atoms with Gasteiger partial charge in [-0.25, -0.2) is 9.67 Å². The molecule has 1 saturated heterocycles. The molecule has 0 aliphatic carbocycles. The molecule has 3 aromatic rings. The summed E-state index contributed by atoms with van der Waals surface area (Å²) in [4.78, 5) is 27.1. The van der Waals surface area contributed by atoms with Gasteiger partial charge in [0.05, 0.1) is 24.1 Å². The van der Waals surface area contributed by atoms with Crippen molar-refractivity contribution in [3.63, 3.8) is 0 Å². The van der Waals surface area contributed by atoms with E-state index in [-0.39, 0.29) is 5.56 Å². The lowest BCUT2D eigenvalue weighted by molar-refractivity contribution is 0.333. The SMILES string of the molecule is Cc1cncc(N2CC(Cn3nc(-c4cccnc4)ccc3=O)C2)n1. The van der Waals surface area contributed by atoms with Gasteiger partial charge in [0.1, 0.15) is 5.82 Å². The lowest BCUT2D eigenvalue weighted by atomic mass is 10.0. The van der Waals surface area contributed by atoms with Gasteiger partial charge in [0.2, 0.25) is 0 Å². The summed E-state index contributed by atoms with van der Waals surface area (Å²) in [5.74, 6) is 1.26. The van der Waals surface area contributed by atoms with Gasteiger partial charge in [0.15, 0.2) is 0 Å². The second-order valence-corrected chi connectivity index (χ2v) is 6.27. The van der Waals surface area contributed by atoms with Crippen molar-refractivity contribution in [2.75, 3.05) is 18.0 Å². The van der Waals surface area contributed by atoms with Crippen molar-refractivity contribution in [1.29, 1.82) is 0 Å². The highest BCUT2D eigenvalue weighted by molar-refractivity contribution is 5.56. The fraction of sp³-hybridized carbons (Fsp3) is 0.278. The third kappa shape index (κ3) is 3.26. The number of rotatable bonds is 4. The maximum Gasteiger partial charge on any atom is 0.266 e. The topological polar surface area (TPSA) is 76.8 Å². The van der Waals surface area contributed by atoms with Crippen LogP contribution in [0.2, 0.25) is 0 Å². The van der Waals surface area contributed by atoms with Gasteiger partial charge in [-0.15, -0.1) is 0 Å². The highest BCUT2D eigenvalue weighted by Crippen LogP contribution is 2.23. The number of hydrogen-bond acceptors (Lipinski definition) is 6. The molecule has 4 heterocycles. The molecule has 0 atom stereocenters. The Hall–Kier alpha value is -3.09. The van der Waals surface area contributed by atoms with Crippen molar-refractivity contribution in [1.82, 2.24) is 24.7 Å². The number of hydrogen-bond donors (Lipinski definition) is 0. The van der Waals surface area contributed by atoms with Crippen molar-refractivity contribution in [3.05, 3.63) is 65.1 Å². The van der Waals surface area contributed by atoms with E-state index in [1.807, 2.05) is 19.1 Å². The summed E-state index contributed by atoms with van der Waals surface area (Å²) in [6.07, 6.45) is 6.99. The predicted octanol–water partition coefficient (Wildman–Crippen LogP) is 1.54. The first-order valence-corrected chi connectivity index (χ1v) is 8.21. The third-order valence-corrected chi connectivity index (χ3v) is 4.28. The van der Waals surface area contributed by atoms with Crippen molar-refractivity contribution in [2.45, 2.75) is 13.5 Å². The molecule has 0 saturated carbocycles. The summed E-state index contributed by atoms with van der Waals surface area (Å²) in [6.45, 7) is 4.23. The Morgan fingerprint density at radius 2 is 2.00 bits per heavy atom. The summed E-state index contributed by atoms with van der Waals surface area (Å²) >= 11 is 0. The van der Waals surface area contributed by atoms with E-state index in [0.29, 0.717) is 12.5 Å². The van der Waals surface area contributed by atoms with E-state index in [9.17, 15) is 4.79 Å². The van der Waals surface area contributed by atoms with Gasteiger partial charge in [-0.1, -0.05) is 0 Å². The number of aryl methyl sites for hydroxylation is 1. The zero-order chi connectivity index (χ0) is 17.2. The molecule has 0 spiro atoms. The summed E-state index contributed by atoms with van der Waals surface area (Å²) in [5, 5.41) is 4.49. The standard InChI is InChI=1S/C18H18N6O/c1-13-7-20-9-17(21-13)23-10-14(11-23)12-24-18(25)5-4-16(22-24)15-3-2-6-19-8-15/h2-9,14H,10-12H2,1H3. The molecule has 0 aromatic carbocycles. The van der Waals surface area contributed by atoms with Crippen molar-refractivity contribution < 1.29 is 0 Å². The quantitative estimate of drug-likeness (QED) is 0.720. The van der Waals surface area contributed by atoms with Crippen LogP contribution in [0.15, 0.2) is 53.8 Å². The zero-order valence-corrected chi connectivity index (χ0v) is 13.9. The average Bonchev–Trinajstić information content (AvgIpc) is 2.60. The third-order valence-electron chi connectivity index (χ3n) is 4.28. The number of anilines is 1. The van der Waals surface area contributed by atoms with E-state index in [0.717, 1.165) is 35.9 Å². The molecule has 1 fully saturated rings. The molecular formula is C18H18N6O. The van der Waals surface area contributed by atoms with E-state index in [4.69, 9.17) is 0 Å². The predicted molar refractivity (Wildman–Crippen MR) is 94.2 cm³/mol. The second kappa shape index (κ2) is 6.43. The average molecular weight is 334 g/mol. The van der Waals surface area contributed by atoms with Gasteiger partial charge in [-0.3, -0.25) is 14.8 Å². The molecule has 7 heteroatoms. The second-order valence-electron chi connectivity index (χ2n) is 6.27. The Kier molecular flexibility index (Phi) is 3.97. The smallest absolute Gasteiger partial charge is 0.266 e. The number of aromatic nitrogens is 5. The van der Waals surface area contributed by atoms with E-state index in [1.165, 1.54) is 0 Å². The maximum absolute atomic E-state index is 12.1. The Morgan fingerprint density at radius 1 is 1.12 bits per heavy atom. The summed E-state index contributed by atoms with van der Waals surface area (Å²) < 4.78 is 1.55. The van der Waals surface area contributed by atoms with Gasteiger partial charge in [-0.05, 0) is 25.1 Å². The minimum atomic E-state index is -0.0820. The molecule has 4 rings (SSSR count). The van der Waals surface area contributed by atoms with Crippen LogP contribution in [0.3, 0.4) is 0 Å². The van der Waals surface area contributed by atoms with E-state index < -0.39 is 0 Å². The van der Waals surface area contributed by atoms with E-state index >= 15 is 0 Å². The highest BCUT2D eigenvalue weighted by Gasteiger charge is 2.28. The molecule has 0 unspecified atom stereocenters. The molecule has 25 heavy (non-hydrogen) atoms. The van der Waals surface area contributed by atoms with E-state index in [1.54, 1.807) is 41.6 Å². The molecule has 0 amide bonds. The minimum Gasteiger partial charge on any atom is -0.355 e. The summed E-state index contributed by atoms with van der Waals surface area (Å²) in [6, 6.07) is 7.11. The molecule has 7 nitrogen and oxygen atoms in total. The van der Waals surface area contributed by atoms with Crippen LogP contribution < -0.4 is 10.5 Å². The van der Waals surface area contributed by atoms with Crippen LogP contribution >= 0.6 is 0 Å². The van der Waals surface area contributed by atoms with Crippen LogP contribution in [0, 0.1) is 12.8 Å². The minimum absolute atomic E-state index is 0.0820. The first-order chi connectivity index (χ1) is 12.2. The first-order valence-electron chi connectivity index (χ1n) is 8.21. The lowest BCUT2D eigenvalue weighted by Crippen LogP contribution is -2.50. The summed E-state index contributed by atoms with van der Waals surface area (Å²) in [5.41, 5.74) is 2.49. The number of pyridine rings is 1. The van der Waals surface area contributed by atoms with Crippen LogP contribution in [0.5, 0.6) is 0 Å². The molecule has 1 aliphatic heterocycles. The highest BCUT2D eigenvalue weighted by atomic mass is 16.1. The van der Waals surface area contributed by atoms with Crippen molar-refractivity contribution >= 4 is 5.82 Å². The van der Waals surface area contributed by atoms with Crippen LogP contribution in [0.4, 0.5) is 5.82 Å². The zero-order valence-electron chi connectivity index (χ0n) is 13.9. The van der Waals surface area contributed by atoms with Gasteiger partial charge in [-0.2, -0.15) is 5.10 Å². The molecule has 3 aromatic heterocycles. The fourth-order valence-electron chi connectivity index (χ4n) is 2.97. The fourth-order valence-corrected chi connectivity index (χ4v) is 2.97. The van der Waals surface area contributed by atoms with Gasteiger partial charge in [0.25, 0.3) is 5.56 Å².